The molecule has 5 heteroatoms. The number of aromatic amines is 1. The van der Waals surface area contributed by atoms with E-state index in [1.54, 1.807) is 20.8 Å². The van der Waals surface area contributed by atoms with Gasteiger partial charge in [-0.15, -0.1) is 0 Å². The van der Waals surface area contributed by atoms with E-state index in [4.69, 9.17) is 0 Å². The molecule has 96 valence electrons. The van der Waals surface area contributed by atoms with E-state index < -0.39 is 15.4 Å². The lowest BCUT2D eigenvalue weighted by molar-refractivity contribution is 0.594. The molecule has 0 amide bonds. The lowest BCUT2D eigenvalue weighted by atomic mass is 9.97. The number of rotatable bonds is 3. The van der Waals surface area contributed by atoms with Gasteiger partial charge in [0.05, 0.1) is 5.75 Å². The van der Waals surface area contributed by atoms with E-state index in [2.05, 4.69) is 4.98 Å². The second kappa shape index (κ2) is 4.64. The molecule has 0 aromatic carbocycles. The van der Waals surface area contributed by atoms with Crippen molar-refractivity contribution in [3.05, 3.63) is 27.2 Å². The monoisotopic (exact) mass is 257 g/mol. The first-order valence-corrected chi connectivity index (χ1v) is 7.33. The Balaban J connectivity index is 3.76. The Hall–Kier alpha value is -1.10. The fraction of sp³-hybridized carbons (Fsp3) is 0.583. The predicted octanol–water partition coefficient (Wildman–Crippen LogP) is 1.91. The van der Waals surface area contributed by atoms with Gasteiger partial charge in [-0.1, -0.05) is 20.8 Å². The van der Waals surface area contributed by atoms with Crippen molar-refractivity contribution in [1.29, 1.82) is 0 Å². The minimum atomic E-state index is -3.48. The van der Waals surface area contributed by atoms with Crippen molar-refractivity contribution in [2.75, 3.05) is 5.75 Å². The average molecular weight is 257 g/mol. The highest BCUT2D eigenvalue weighted by atomic mass is 32.2. The maximum absolute atomic E-state index is 11.9. The van der Waals surface area contributed by atoms with Crippen LogP contribution in [-0.2, 0) is 9.84 Å². The van der Waals surface area contributed by atoms with E-state index >= 15 is 0 Å². The Bertz CT molecular complexity index is 583. The molecule has 0 radical (unpaired) electrons. The molecule has 1 heterocycles. The highest BCUT2D eigenvalue weighted by Crippen LogP contribution is 2.24. The van der Waals surface area contributed by atoms with Crippen LogP contribution in [0.3, 0.4) is 0 Å². The summed E-state index contributed by atoms with van der Waals surface area (Å²) in [5, 5.41) is 0. The minimum absolute atomic E-state index is 0.0580. The summed E-state index contributed by atoms with van der Waals surface area (Å²) >= 11 is 0. The standard InChI is InChI=1S/C12H19NO3S/c1-6-17(15,16)11-8(4)10(7(2)3)9(5)13-12(11)14/h7H,6H2,1-5H3,(H,13,14). The summed E-state index contributed by atoms with van der Waals surface area (Å²) in [7, 11) is -3.48. The zero-order chi connectivity index (χ0) is 13.4. The van der Waals surface area contributed by atoms with Crippen molar-refractivity contribution in [2.24, 2.45) is 0 Å². The lowest BCUT2D eigenvalue weighted by Crippen LogP contribution is -2.23. The van der Waals surface area contributed by atoms with Gasteiger partial charge in [0.2, 0.25) is 0 Å². The molecule has 4 nitrogen and oxygen atoms in total. The largest absolute Gasteiger partial charge is 0.325 e. The first-order chi connectivity index (χ1) is 7.72. The van der Waals surface area contributed by atoms with E-state index in [1.165, 1.54) is 0 Å². The van der Waals surface area contributed by atoms with E-state index in [1.807, 2.05) is 13.8 Å². The van der Waals surface area contributed by atoms with E-state index in [-0.39, 0.29) is 16.6 Å². The third-order valence-electron chi connectivity index (χ3n) is 2.92. The van der Waals surface area contributed by atoms with Crippen LogP contribution in [0.1, 0.15) is 43.5 Å². The average Bonchev–Trinajstić information content (AvgIpc) is 2.15. The molecule has 0 fully saturated rings. The fourth-order valence-electron chi connectivity index (χ4n) is 2.25. The molecule has 1 aromatic heterocycles. The van der Waals surface area contributed by atoms with Crippen molar-refractivity contribution >= 4 is 9.84 Å². The van der Waals surface area contributed by atoms with Gasteiger partial charge in [-0.25, -0.2) is 8.42 Å². The van der Waals surface area contributed by atoms with Gasteiger partial charge in [-0.3, -0.25) is 4.79 Å². The number of hydrogen-bond donors (Lipinski definition) is 1. The molecular weight excluding hydrogens is 238 g/mol. The van der Waals surface area contributed by atoms with Crippen LogP contribution in [0.5, 0.6) is 0 Å². The van der Waals surface area contributed by atoms with Crippen LogP contribution in [0.25, 0.3) is 0 Å². The van der Waals surface area contributed by atoms with Crippen molar-refractivity contribution in [3.8, 4) is 0 Å². The van der Waals surface area contributed by atoms with Gasteiger partial charge < -0.3 is 4.98 Å². The molecule has 0 saturated carbocycles. The molecule has 0 unspecified atom stereocenters. The van der Waals surface area contributed by atoms with E-state index in [0.29, 0.717) is 5.56 Å². The van der Waals surface area contributed by atoms with Gasteiger partial charge in [0, 0.05) is 5.69 Å². The first kappa shape index (κ1) is 14.0. The molecule has 1 aromatic rings. The molecule has 0 spiro atoms. The third kappa shape index (κ3) is 2.44. The predicted molar refractivity (Wildman–Crippen MR) is 68.4 cm³/mol. The number of nitrogens with one attached hydrogen (secondary N) is 1. The van der Waals surface area contributed by atoms with Gasteiger partial charge in [-0.2, -0.15) is 0 Å². The van der Waals surface area contributed by atoms with Crippen LogP contribution in [-0.4, -0.2) is 19.2 Å². The number of aryl methyl sites for hydroxylation is 1. The molecule has 0 aliphatic heterocycles. The Kier molecular flexibility index (Phi) is 3.81. The van der Waals surface area contributed by atoms with Crippen LogP contribution >= 0.6 is 0 Å². The maximum atomic E-state index is 11.9. The Morgan fingerprint density at radius 3 is 2.18 bits per heavy atom. The molecule has 17 heavy (non-hydrogen) atoms. The van der Waals surface area contributed by atoms with Crippen LogP contribution in [0.15, 0.2) is 9.69 Å². The SMILES string of the molecule is CCS(=O)(=O)c1c(C)c(C(C)C)c(C)[nH]c1=O. The molecule has 0 atom stereocenters. The summed E-state index contributed by atoms with van der Waals surface area (Å²) in [5.41, 5.74) is 1.74. The van der Waals surface area contributed by atoms with Crippen molar-refractivity contribution in [2.45, 2.75) is 45.4 Å². The molecular formula is C12H19NO3S. The first-order valence-electron chi connectivity index (χ1n) is 5.68. The van der Waals surface area contributed by atoms with Crippen molar-refractivity contribution < 1.29 is 8.42 Å². The quantitative estimate of drug-likeness (QED) is 0.899. The van der Waals surface area contributed by atoms with E-state index in [0.717, 1.165) is 11.3 Å². The Labute approximate surface area is 102 Å². The minimum Gasteiger partial charge on any atom is -0.325 e. The molecule has 0 aliphatic carbocycles. The van der Waals surface area contributed by atoms with Crippen LogP contribution in [0, 0.1) is 13.8 Å². The van der Waals surface area contributed by atoms with Crippen molar-refractivity contribution in [1.82, 2.24) is 4.98 Å². The number of hydrogen-bond acceptors (Lipinski definition) is 3. The van der Waals surface area contributed by atoms with Gasteiger partial charge in [-0.05, 0) is 30.9 Å². The summed E-state index contributed by atoms with van der Waals surface area (Å²) < 4.78 is 23.8. The molecule has 0 saturated heterocycles. The second-order valence-corrected chi connectivity index (χ2v) is 6.72. The van der Waals surface area contributed by atoms with Crippen LogP contribution in [0.4, 0.5) is 0 Å². The fourth-order valence-corrected chi connectivity index (χ4v) is 3.45. The Morgan fingerprint density at radius 2 is 1.76 bits per heavy atom. The molecule has 0 aliphatic rings. The molecule has 1 rings (SSSR count). The summed E-state index contributed by atoms with van der Waals surface area (Å²) in [5.74, 6) is 0.120. The number of sulfone groups is 1. The molecule has 0 bridgehead atoms. The van der Waals surface area contributed by atoms with Gasteiger partial charge >= 0.3 is 0 Å². The lowest BCUT2D eigenvalue weighted by Gasteiger charge is -2.16. The third-order valence-corrected chi connectivity index (χ3v) is 4.80. The second-order valence-electron chi connectivity index (χ2n) is 4.51. The van der Waals surface area contributed by atoms with Gasteiger partial charge in [0.1, 0.15) is 4.90 Å². The number of H-pyrrole nitrogens is 1. The maximum Gasteiger partial charge on any atom is 0.267 e. The van der Waals surface area contributed by atoms with Gasteiger partial charge in [0.15, 0.2) is 9.84 Å². The molecule has 1 N–H and O–H groups in total. The summed E-state index contributed by atoms with van der Waals surface area (Å²) in [6.07, 6.45) is 0. The summed E-state index contributed by atoms with van der Waals surface area (Å²) in [4.78, 5) is 14.4. The highest BCUT2D eigenvalue weighted by Gasteiger charge is 2.23. The van der Waals surface area contributed by atoms with Crippen LogP contribution < -0.4 is 5.56 Å². The zero-order valence-electron chi connectivity index (χ0n) is 10.9. The van der Waals surface area contributed by atoms with Crippen LogP contribution in [0.2, 0.25) is 0 Å². The smallest absolute Gasteiger partial charge is 0.267 e. The van der Waals surface area contributed by atoms with E-state index in [9.17, 15) is 13.2 Å². The topological polar surface area (TPSA) is 67.0 Å². The Morgan fingerprint density at radius 1 is 1.24 bits per heavy atom. The summed E-state index contributed by atoms with van der Waals surface area (Å²) in [6.45, 7) is 9.02. The zero-order valence-corrected chi connectivity index (χ0v) is 11.7. The number of aromatic nitrogens is 1. The highest BCUT2D eigenvalue weighted by molar-refractivity contribution is 7.91. The number of pyridine rings is 1. The van der Waals surface area contributed by atoms with Gasteiger partial charge in [0.25, 0.3) is 5.56 Å². The summed E-state index contributed by atoms with van der Waals surface area (Å²) in [6, 6.07) is 0. The normalized spacial score (nSPS) is 12.1. The van der Waals surface area contributed by atoms with Crippen molar-refractivity contribution in [3.63, 3.8) is 0 Å².